The first-order valence-electron chi connectivity index (χ1n) is 14.5. The number of aryl methyl sites for hydroxylation is 2. The fraction of sp³-hybridized carbons (Fsp3) is 0.586. The number of aromatic nitrogens is 5. The standard InChI is InChI=1S/C29H37ClF3N7O2S/c1-19-22(18-39(36-19)13-5-4-6-20-16-27(2,3)34-17-20)43-38-26(41)21-7-8-23(35-25(21)30)40-14-9-24(37-40)42-15-12-28(10-11-28)29(31,32)33/h7-9,14,18,20,34H,4-6,10-13,15-17H2,1-3H3,(H,38,41). The molecule has 2 N–H and O–H groups in total. The fourth-order valence-corrected chi connectivity index (χ4v) is 6.39. The maximum Gasteiger partial charge on any atom is 0.394 e. The van der Waals surface area contributed by atoms with E-state index in [1.165, 1.54) is 35.5 Å². The minimum absolute atomic E-state index is 0.0114. The third-order valence-electron chi connectivity index (χ3n) is 8.24. The molecule has 234 valence electrons. The van der Waals surface area contributed by atoms with E-state index >= 15 is 0 Å². The second kappa shape index (κ2) is 12.7. The number of hydrogen-bond acceptors (Lipinski definition) is 7. The van der Waals surface area contributed by atoms with Crippen molar-refractivity contribution >= 4 is 29.5 Å². The molecule has 1 aliphatic carbocycles. The van der Waals surface area contributed by atoms with Crippen LogP contribution in [0.1, 0.15) is 74.8 Å². The summed E-state index contributed by atoms with van der Waals surface area (Å²) in [5.74, 6) is 0.845. The summed E-state index contributed by atoms with van der Waals surface area (Å²) in [6.45, 7) is 8.24. The Bertz CT molecular complexity index is 1440. The van der Waals surface area contributed by atoms with Gasteiger partial charge in [0.2, 0.25) is 5.88 Å². The van der Waals surface area contributed by atoms with Gasteiger partial charge in [-0.25, -0.2) is 9.67 Å². The Morgan fingerprint density at radius 2 is 2.02 bits per heavy atom. The van der Waals surface area contributed by atoms with Crippen LogP contribution in [0.3, 0.4) is 0 Å². The zero-order chi connectivity index (χ0) is 30.8. The third kappa shape index (κ3) is 7.85. The molecule has 3 aromatic heterocycles. The van der Waals surface area contributed by atoms with E-state index in [-0.39, 0.29) is 48.0 Å². The molecule has 0 radical (unpaired) electrons. The number of unbranched alkanes of at least 4 members (excludes halogenated alkanes) is 1. The summed E-state index contributed by atoms with van der Waals surface area (Å²) < 4.78 is 50.9. The second-order valence-electron chi connectivity index (χ2n) is 12.2. The number of ether oxygens (including phenoxy) is 1. The van der Waals surface area contributed by atoms with E-state index in [9.17, 15) is 18.0 Å². The summed E-state index contributed by atoms with van der Waals surface area (Å²) in [5, 5.41) is 12.4. The largest absolute Gasteiger partial charge is 0.477 e. The predicted octanol–water partition coefficient (Wildman–Crippen LogP) is 6.53. The molecule has 43 heavy (non-hydrogen) atoms. The first kappa shape index (κ1) is 31.6. The van der Waals surface area contributed by atoms with E-state index in [2.05, 4.69) is 39.1 Å². The van der Waals surface area contributed by atoms with Crippen LogP contribution in [0.2, 0.25) is 5.15 Å². The Kier molecular flexibility index (Phi) is 9.34. The van der Waals surface area contributed by atoms with Crippen molar-refractivity contribution in [1.29, 1.82) is 0 Å². The highest BCUT2D eigenvalue weighted by Crippen LogP contribution is 2.59. The van der Waals surface area contributed by atoms with Gasteiger partial charge in [0.05, 0.1) is 28.2 Å². The molecule has 14 heteroatoms. The van der Waals surface area contributed by atoms with Gasteiger partial charge < -0.3 is 10.1 Å². The van der Waals surface area contributed by atoms with Crippen LogP contribution < -0.4 is 14.8 Å². The Hall–Kier alpha value is -2.77. The van der Waals surface area contributed by atoms with Crippen molar-refractivity contribution in [2.75, 3.05) is 13.2 Å². The van der Waals surface area contributed by atoms with Crippen molar-refractivity contribution in [3.63, 3.8) is 0 Å². The second-order valence-corrected chi connectivity index (χ2v) is 13.4. The summed E-state index contributed by atoms with van der Waals surface area (Å²) in [5.41, 5.74) is -0.357. The molecule has 1 aliphatic heterocycles. The van der Waals surface area contributed by atoms with Gasteiger partial charge in [-0.3, -0.25) is 14.2 Å². The Labute approximate surface area is 258 Å². The van der Waals surface area contributed by atoms with E-state index in [4.69, 9.17) is 16.3 Å². The van der Waals surface area contributed by atoms with Crippen molar-refractivity contribution < 1.29 is 22.7 Å². The van der Waals surface area contributed by atoms with Gasteiger partial charge in [-0.15, -0.1) is 5.10 Å². The van der Waals surface area contributed by atoms with Crippen LogP contribution in [0.4, 0.5) is 13.2 Å². The van der Waals surface area contributed by atoms with Crippen molar-refractivity contribution in [2.45, 2.75) is 88.9 Å². The summed E-state index contributed by atoms with van der Waals surface area (Å²) in [6.07, 6.45) is 4.08. The summed E-state index contributed by atoms with van der Waals surface area (Å²) in [6, 6.07) is 4.66. The lowest BCUT2D eigenvalue weighted by atomic mass is 9.93. The zero-order valence-corrected chi connectivity index (χ0v) is 26.1. The number of alkyl halides is 3. The average Bonchev–Trinajstić information content (AvgIpc) is 3.26. The number of rotatable bonds is 13. The van der Waals surface area contributed by atoms with Gasteiger partial charge in [-0.2, -0.15) is 18.3 Å². The summed E-state index contributed by atoms with van der Waals surface area (Å²) in [7, 11) is 0. The van der Waals surface area contributed by atoms with Crippen LogP contribution in [0.5, 0.6) is 5.88 Å². The van der Waals surface area contributed by atoms with E-state index in [1.807, 2.05) is 17.8 Å². The van der Waals surface area contributed by atoms with Gasteiger partial charge in [0, 0.05) is 30.5 Å². The first-order valence-corrected chi connectivity index (χ1v) is 15.7. The maximum absolute atomic E-state index is 13.1. The molecular weight excluding hydrogens is 603 g/mol. The lowest BCUT2D eigenvalue weighted by Gasteiger charge is -2.18. The molecule has 1 amide bonds. The molecule has 3 aromatic rings. The van der Waals surface area contributed by atoms with Gasteiger partial charge in [-0.1, -0.05) is 18.0 Å². The number of halogens is 4. The zero-order valence-electron chi connectivity index (χ0n) is 24.5. The number of carbonyl (C=O) groups excluding carboxylic acids is 1. The Balaban J connectivity index is 1.08. The van der Waals surface area contributed by atoms with E-state index in [0.717, 1.165) is 42.4 Å². The predicted molar refractivity (Wildman–Crippen MR) is 159 cm³/mol. The van der Waals surface area contributed by atoms with Gasteiger partial charge in [-0.05, 0) is 95.8 Å². The van der Waals surface area contributed by atoms with Crippen molar-refractivity contribution in [2.24, 2.45) is 11.3 Å². The molecule has 2 fully saturated rings. The number of nitrogens with one attached hydrogen (secondary N) is 2. The molecule has 1 unspecified atom stereocenters. The molecular formula is C29H37ClF3N7O2S. The van der Waals surface area contributed by atoms with Crippen molar-refractivity contribution in [1.82, 2.24) is 34.6 Å². The van der Waals surface area contributed by atoms with Crippen LogP contribution in [0, 0.1) is 18.3 Å². The minimum Gasteiger partial charge on any atom is -0.477 e. The number of pyridine rings is 1. The number of carbonyl (C=O) groups is 1. The highest BCUT2D eigenvalue weighted by atomic mass is 35.5. The summed E-state index contributed by atoms with van der Waals surface area (Å²) >= 11 is 7.51. The molecule has 1 saturated carbocycles. The molecule has 0 aromatic carbocycles. The molecule has 4 heterocycles. The monoisotopic (exact) mass is 639 g/mol. The van der Waals surface area contributed by atoms with Crippen LogP contribution in [0.15, 0.2) is 35.5 Å². The highest BCUT2D eigenvalue weighted by molar-refractivity contribution is 7.98. The first-order chi connectivity index (χ1) is 20.3. The Morgan fingerprint density at radius 1 is 1.23 bits per heavy atom. The molecule has 0 bridgehead atoms. The topological polar surface area (TPSA) is 98.9 Å². The average molecular weight is 640 g/mol. The quantitative estimate of drug-likeness (QED) is 0.125. The minimum atomic E-state index is -4.21. The maximum atomic E-state index is 13.1. The van der Waals surface area contributed by atoms with Gasteiger partial charge in [0.1, 0.15) is 5.15 Å². The molecule has 9 nitrogen and oxygen atoms in total. The number of amides is 1. The molecule has 5 rings (SSSR count). The van der Waals surface area contributed by atoms with Gasteiger partial charge >= 0.3 is 6.18 Å². The molecule has 1 atom stereocenters. The lowest BCUT2D eigenvalue weighted by molar-refractivity contribution is -0.190. The van der Waals surface area contributed by atoms with E-state index in [1.54, 1.807) is 18.3 Å². The molecule has 0 spiro atoms. The van der Waals surface area contributed by atoms with Crippen LogP contribution in [0.25, 0.3) is 5.82 Å². The van der Waals surface area contributed by atoms with Crippen LogP contribution >= 0.6 is 23.5 Å². The lowest BCUT2D eigenvalue weighted by Crippen LogP contribution is -2.31. The van der Waals surface area contributed by atoms with Gasteiger partial charge in [0.25, 0.3) is 5.91 Å². The van der Waals surface area contributed by atoms with Gasteiger partial charge in [0.15, 0.2) is 5.82 Å². The molecule has 1 saturated heterocycles. The van der Waals surface area contributed by atoms with Crippen molar-refractivity contribution in [3.8, 4) is 11.7 Å². The summed E-state index contributed by atoms with van der Waals surface area (Å²) in [4.78, 5) is 18.0. The smallest absolute Gasteiger partial charge is 0.394 e. The Morgan fingerprint density at radius 3 is 2.70 bits per heavy atom. The highest BCUT2D eigenvalue weighted by Gasteiger charge is 2.62. The number of hydrogen-bond donors (Lipinski definition) is 2. The van der Waals surface area contributed by atoms with E-state index in [0.29, 0.717) is 5.82 Å². The number of nitrogens with zero attached hydrogens (tertiary/aromatic N) is 5. The molecule has 2 aliphatic rings. The van der Waals surface area contributed by atoms with Crippen LogP contribution in [-0.4, -0.2) is 55.3 Å². The van der Waals surface area contributed by atoms with Crippen LogP contribution in [-0.2, 0) is 6.54 Å². The normalized spacial score (nSPS) is 19.0. The fourth-order valence-electron chi connectivity index (χ4n) is 5.48. The SMILES string of the molecule is Cc1nn(CCCCC2CNC(C)(C)C2)cc1SNC(=O)c1ccc(-n2ccc(OCCC3(C(F)(F)F)CC3)n2)nc1Cl. The van der Waals surface area contributed by atoms with E-state index < -0.39 is 17.5 Å². The van der Waals surface area contributed by atoms with Crippen molar-refractivity contribution in [3.05, 3.63) is 47.0 Å². The third-order valence-corrected chi connectivity index (χ3v) is 9.43.